The molecule has 0 heterocycles. The van der Waals surface area contributed by atoms with Gasteiger partial charge in [-0.1, -0.05) is 26.0 Å². The molecule has 4 aliphatic rings. The topological polar surface area (TPSA) is 49.7 Å². The lowest BCUT2D eigenvalue weighted by molar-refractivity contribution is -0.129. The van der Waals surface area contributed by atoms with Gasteiger partial charge in [0.2, 0.25) is 0 Å². The third-order valence-corrected chi connectivity index (χ3v) is 8.68. The molecule has 0 aromatic rings. The second-order valence-electron chi connectivity index (χ2n) is 9.60. The molecule has 3 unspecified atom stereocenters. The van der Waals surface area contributed by atoms with Crippen molar-refractivity contribution in [1.29, 1.82) is 0 Å². The van der Waals surface area contributed by atoms with Crippen LogP contribution in [0.1, 0.15) is 52.4 Å². The summed E-state index contributed by atoms with van der Waals surface area (Å²) in [5.41, 5.74) is 0.306. The number of ether oxygens (including phenoxy) is 1. The van der Waals surface area contributed by atoms with Crippen molar-refractivity contribution < 1.29 is 14.9 Å². The van der Waals surface area contributed by atoms with Crippen molar-refractivity contribution in [3.05, 3.63) is 12.2 Å². The minimum absolute atomic E-state index is 0.112. The minimum atomic E-state index is -0.291. The predicted molar refractivity (Wildman–Crippen MR) is 94.4 cm³/mol. The molecule has 3 nitrogen and oxygen atoms in total. The molecule has 0 radical (unpaired) electrons. The fraction of sp³-hybridized carbons (Fsp3) is 0.905. The number of fused-ring (bicyclic) bond motifs is 5. The van der Waals surface area contributed by atoms with Gasteiger partial charge >= 0.3 is 0 Å². The number of hydrogen-bond donors (Lipinski definition) is 2. The molecule has 0 saturated heterocycles. The number of hydrogen-bond acceptors (Lipinski definition) is 3. The zero-order chi connectivity index (χ0) is 17.1. The maximum absolute atomic E-state index is 10.6. The number of aliphatic hydroxyl groups excluding tert-OH is 2. The molecule has 4 aliphatic carbocycles. The minimum Gasteiger partial charge on any atom is -0.393 e. The Morgan fingerprint density at radius 1 is 1.04 bits per heavy atom. The third kappa shape index (κ3) is 2.27. The van der Waals surface area contributed by atoms with E-state index in [1.54, 1.807) is 0 Å². The quantitative estimate of drug-likeness (QED) is 0.761. The van der Waals surface area contributed by atoms with Crippen molar-refractivity contribution in [2.75, 3.05) is 13.7 Å². The first-order valence-electron chi connectivity index (χ1n) is 9.94. The molecular formula is C21H34O3. The first kappa shape index (κ1) is 17.1. The van der Waals surface area contributed by atoms with Crippen LogP contribution < -0.4 is 0 Å². The van der Waals surface area contributed by atoms with Gasteiger partial charge < -0.3 is 14.9 Å². The maximum Gasteiger partial charge on any atom is 0.0724 e. The van der Waals surface area contributed by atoms with E-state index < -0.39 is 0 Å². The third-order valence-electron chi connectivity index (χ3n) is 8.68. The summed E-state index contributed by atoms with van der Waals surface area (Å²) in [5, 5.41) is 20.8. The largest absolute Gasteiger partial charge is 0.393 e. The maximum atomic E-state index is 10.6. The Hall–Kier alpha value is -0.380. The van der Waals surface area contributed by atoms with Crippen molar-refractivity contribution in [3.8, 4) is 0 Å². The van der Waals surface area contributed by atoms with E-state index in [9.17, 15) is 10.2 Å². The molecule has 0 aliphatic heterocycles. The summed E-state index contributed by atoms with van der Waals surface area (Å²) in [5.74, 6) is 3.10. The molecule has 0 amide bonds. The van der Waals surface area contributed by atoms with E-state index in [1.807, 2.05) is 13.2 Å². The second-order valence-corrected chi connectivity index (χ2v) is 9.60. The normalized spacial score (nSPS) is 56.5. The van der Waals surface area contributed by atoms with Crippen LogP contribution >= 0.6 is 0 Å². The number of allylic oxidation sites excluding steroid dienone is 1. The van der Waals surface area contributed by atoms with Crippen molar-refractivity contribution in [2.24, 2.45) is 40.4 Å². The van der Waals surface area contributed by atoms with Crippen LogP contribution in [-0.4, -0.2) is 36.1 Å². The van der Waals surface area contributed by atoms with Gasteiger partial charge in [-0.2, -0.15) is 0 Å². The van der Waals surface area contributed by atoms with E-state index in [0.717, 1.165) is 25.9 Å². The molecule has 3 fully saturated rings. The van der Waals surface area contributed by atoms with Crippen LogP contribution in [0.4, 0.5) is 0 Å². The summed E-state index contributed by atoms with van der Waals surface area (Å²) in [4.78, 5) is 0. The van der Waals surface area contributed by atoms with Crippen LogP contribution in [0.15, 0.2) is 12.2 Å². The van der Waals surface area contributed by atoms with Crippen molar-refractivity contribution in [3.63, 3.8) is 0 Å². The lowest BCUT2D eigenvalue weighted by Gasteiger charge is -2.61. The zero-order valence-electron chi connectivity index (χ0n) is 15.4. The molecule has 136 valence electrons. The van der Waals surface area contributed by atoms with Crippen molar-refractivity contribution in [2.45, 2.75) is 64.6 Å². The van der Waals surface area contributed by atoms with Crippen LogP contribution in [0, 0.1) is 40.4 Å². The summed E-state index contributed by atoms with van der Waals surface area (Å²) in [6.07, 6.45) is 10.6. The highest BCUT2D eigenvalue weighted by Crippen LogP contribution is 2.66. The van der Waals surface area contributed by atoms with E-state index in [4.69, 9.17) is 4.74 Å². The van der Waals surface area contributed by atoms with Crippen molar-refractivity contribution >= 4 is 0 Å². The van der Waals surface area contributed by atoms with Gasteiger partial charge in [0, 0.05) is 13.7 Å². The highest BCUT2D eigenvalue weighted by molar-refractivity contribution is 5.18. The van der Waals surface area contributed by atoms with Crippen LogP contribution in [-0.2, 0) is 4.74 Å². The number of methoxy groups -OCH3 is 1. The molecule has 0 aromatic carbocycles. The van der Waals surface area contributed by atoms with Crippen LogP contribution in [0.5, 0.6) is 0 Å². The smallest absolute Gasteiger partial charge is 0.0724 e. The molecule has 3 heteroatoms. The van der Waals surface area contributed by atoms with Crippen molar-refractivity contribution in [1.82, 2.24) is 0 Å². The van der Waals surface area contributed by atoms with E-state index in [-0.39, 0.29) is 23.0 Å². The van der Waals surface area contributed by atoms with Gasteiger partial charge in [-0.05, 0) is 78.9 Å². The van der Waals surface area contributed by atoms with Gasteiger partial charge in [-0.25, -0.2) is 0 Å². The Balaban J connectivity index is 1.70. The Labute approximate surface area is 146 Å². The SMILES string of the molecule is COC[C@H]1C[C@H]2[C@@H]3CCC(O)C3(C)CC[C@@H]2[C@@]2(C)C=C[C@@H](O)CC12. The van der Waals surface area contributed by atoms with Gasteiger partial charge in [-0.3, -0.25) is 0 Å². The molecule has 4 rings (SSSR count). The predicted octanol–water partition coefficient (Wildman–Crippen LogP) is 3.40. The first-order valence-corrected chi connectivity index (χ1v) is 9.94. The molecule has 0 spiro atoms. The molecular weight excluding hydrogens is 300 g/mol. The monoisotopic (exact) mass is 334 g/mol. The fourth-order valence-corrected chi connectivity index (χ4v) is 7.41. The van der Waals surface area contributed by atoms with Gasteiger partial charge in [0.05, 0.1) is 12.2 Å². The lowest BCUT2D eigenvalue weighted by Crippen LogP contribution is -2.56. The van der Waals surface area contributed by atoms with E-state index in [1.165, 1.54) is 19.3 Å². The molecule has 24 heavy (non-hydrogen) atoms. The Bertz CT molecular complexity index is 517. The lowest BCUT2D eigenvalue weighted by atomic mass is 9.44. The highest BCUT2D eigenvalue weighted by Gasteiger charge is 2.61. The van der Waals surface area contributed by atoms with E-state index in [0.29, 0.717) is 29.6 Å². The molecule has 9 atom stereocenters. The number of rotatable bonds is 2. The van der Waals surface area contributed by atoms with E-state index in [2.05, 4.69) is 19.9 Å². The summed E-state index contributed by atoms with van der Waals surface area (Å²) >= 11 is 0. The Morgan fingerprint density at radius 2 is 1.83 bits per heavy atom. The van der Waals surface area contributed by atoms with Crippen LogP contribution in [0.25, 0.3) is 0 Å². The second kappa shape index (κ2) is 5.82. The molecule has 2 N–H and O–H groups in total. The van der Waals surface area contributed by atoms with Gasteiger partial charge in [0.15, 0.2) is 0 Å². The average Bonchev–Trinajstić information content (AvgIpc) is 2.85. The fourth-order valence-electron chi connectivity index (χ4n) is 7.41. The molecule has 3 saturated carbocycles. The number of aliphatic hydroxyl groups is 2. The summed E-state index contributed by atoms with van der Waals surface area (Å²) in [6, 6.07) is 0. The van der Waals surface area contributed by atoms with Crippen LogP contribution in [0.3, 0.4) is 0 Å². The van der Waals surface area contributed by atoms with E-state index >= 15 is 0 Å². The van der Waals surface area contributed by atoms with Gasteiger partial charge in [-0.15, -0.1) is 0 Å². The van der Waals surface area contributed by atoms with Gasteiger partial charge in [0.1, 0.15) is 0 Å². The first-order chi connectivity index (χ1) is 11.4. The molecule has 0 aromatic heterocycles. The summed E-state index contributed by atoms with van der Waals surface area (Å²) < 4.78 is 5.59. The molecule has 0 bridgehead atoms. The Kier molecular flexibility index (Phi) is 4.14. The summed E-state index contributed by atoms with van der Waals surface area (Å²) in [6.45, 7) is 5.58. The highest BCUT2D eigenvalue weighted by atomic mass is 16.5. The average molecular weight is 335 g/mol. The summed E-state index contributed by atoms with van der Waals surface area (Å²) in [7, 11) is 1.81. The standard InChI is InChI=1S/C21H34O3/c1-20-8-6-14(22)11-18(20)13(12-24-3)10-15-16-4-5-19(23)21(16,2)9-7-17(15)20/h6,8,13-19,22-23H,4-5,7,9-12H2,1-3H3/t13-,14-,15+,16+,17+,18?,19?,20-,21?/m1/s1. The zero-order valence-corrected chi connectivity index (χ0v) is 15.4. The van der Waals surface area contributed by atoms with Crippen LogP contribution in [0.2, 0.25) is 0 Å². The van der Waals surface area contributed by atoms with Gasteiger partial charge in [0.25, 0.3) is 0 Å². The Morgan fingerprint density at radius 3 is 2.58 bits per heavy atom.